The fourth-order valence-electron chi connectivity index (χ4n) is 1.78. The van der Waals surface area contributed by atoms with Crippen molar-refractivity contribution in [1.82, 2.24) is 19.7 Å². The minimum atomic E-state index is -0.133. The Bertz CT molecular complexity index is 719. The average molecular weight is 273 g/mol. The lowest BCUT2D eigenvalue weighted by Crippen LogP contribution is -2.18. The molecule has 0 bridgehead atoms. The van der Waals surface area contributed by atoms with Gasteiger partial charge in [-0.15, -0.1) is 11.3 Å². The van der Waals surface area contributed by atoms with Gasteiger partial charge in [0.25, 0.3) is 0 Å². The molecule has 2 heterocycles. The number of anilines is 1. The zero-order valence-electron chi connectivity index (χ0n) is 10.2. The molecule has 1 amide bonds. The van der Waals surface area contributed by atoms with E-state index in [0.717, 1.165) is 20.9 Å². The molecule has 7 heteroatoms. The third kappa shape index (κ3) is 2.60. The summed E-state index contributed by atoms with van der Waals surface area (Å²) >= 11 is 1.61. The van der Waals surface area contributed by atoms with Crippen LogP contribution in [0.2, 0.25) is 0 Å². The number of rotatable bonds is 3. The minimum Gasteiger partial charge on any atom is -0.324 e. The molecule has 96 valence electrons. The van der Waals surface area contributed by atoms with E-state index >= 15 is 0 Å². The lowest BCUT2D eigenvalue weighted by molar-refractivity contribution is -0.116. The molecule has 0 radical (unpaired) electrons. The summed E-state index contributed by atoms with van der Waals surface area (Å²) in [6.45, 7) is 2.12. The van der Waals surface area contributed by atoms with Gasteiger partial charge in [0.15, 0.2) is 0 Å². The first kappa shape index (κ1) is 11.8. The first-order valence-corrected chi connectivity index (χ1v) is 6.52. The number of hydrogen-bond acceptors (Lipinski definition) is 5. The Morgan fingerprint density at radius 2 is 2.37 bits per heavy atom. The van der Waals surface area contributed by atoms with Crippen molar-refractivity contribution in [2.75, 3.05) is 5.32 Å². The summed E-state index contributed by atoms with van der Waals surface area (Å²) in [4.78, 5) is 20.0. The van der Waals surface area contributed by atoms with E-state index in [9.17, 15) is 4.79 Å². The Morgan fingerprint density at radius 1 is 1.47 bits per heavy atom. The van der Waals surface area contributed by atoms with Gasteiger partial charge in [-0.3, -0.25) is 4.79 Å². The van der Waals surface area contributed by atoms with E-state index < -0.39 is 0 Å². The molecular weight excluding hydrogens is 262 g/mol. The number of hydrogen-bond donors (Lipinski definition) is 1. The van der Waals surface area contributed by atoms with Gasteiger partial charge in [0, 0.05) is 5.69 Å². The third-order valence-electron chi connectivity index (χ3n) is 2.55. The molecule has 6 nitrogen and oxygen atoms in total. The number of amides is 1. The van der Waals surface area contributed by atoms with Crippen LogP contribution in [-0.4, -0.2) is 25.7 Å². The second-order valence-electron chi connectivity index (χ2n) is 4.06. The Morgan fingerprint density at radius 3 is 3.16 bits per heavy atom. The minimum absolute atomic E-state index is 0.133. The zero-order valence-corrected chi connectivity index (χ0v) is 11.0. The largest absolute Gasteiger partial charge is 0.324 e. The van der Waals surface area contributed by atoms with E-state index in [-0.39, 0.29) is 12.5 Å². The maximum Gasteiger partial charge on any atom is 0.246 e. The quantitative estimate of drug-likeness (QED) is 0.790. The summed E-state index contributed by atoms with van der Waals surface area (Å²) in [7, 11) is 0. The maximum absolute atomic E-state index is 11.8. The van der Waals surface area contributed by atoms with Gasteiger partial charge in [0.2, 0.25) is 5.91 Å². The molecule has 0 spiro atoms. The lowest BCUT2D eigenvalue weighted by Gasteiger charge is -2.04. The van der Waals surface area contributed by atoms with E-state index in [1.54, 1.807) is 11.3 Å². The SMILES string of the molecule is Cc1nc2ccc(NC(=O)Cn3cncn3)cc2s1. The molecule has 1 aromatic carbocycles. The lowest BCUT2D eigenvalue weighted by atomic mass is 10.3. The number of fused-ring (bicyclic) bond motifs is 1. The van der Waals surface area contributed by atoms with Gasteiger partial charge in [-0.1, -0.05) is 0 Å². The van der Waals surface area contributed by atoms with Gasteiger partial charge >= 0.3 is 0 Å². The molecule has 0 aliphatic carbocycles. The van der Waals surface area contributed by atoms with Crippen LogP contribution in [-0.2, 0) is 11.3 Å². The second kappa shape index (κ2) is 4.77. The molecule has 1 N–H and O–H groups in total. The van der Waals surface area contributed by atoms with Crippen LogP contribution >= 0.6 is 11.3 Å². The number of carbonyl (C=O) groups excluding carboxylic acids is 1. The number of aromatic nitrogens is 4. The first-order valence-electron chi connectivity index (χ1n) is 5.70. The van der Waals surface area contributed by atoms with Crippen LogP contribution < -0.4 is 5.32 Å². The molecule has 0 saturated heterocycles. The molecule has 3 rings (SSSR count). The molecule has 0 aliphatic heterocycles. The van der Waals surface area contributed by atoms with Gasteiger partial charge < -0.3 is 5.32 Å². The van der Waals surface area contributed by atoms with Gasteiger partial charge in [-0.05, 0) is 25.1 Å². The van der Waals surface area contributed by atoms with Crippen molar-refractivity contribution >= 4 is 33.1 Å². The summed E-state index contributed by atoms with van der Waals surface area (Å²) in [5.74, 6) is -0.133. The Kier molecular flexibility index (Phi) is 2.96. The van der Waals surface area contributed by atoms with Crippen molar-refractivity contribution in [1.29, 1.82) is 0 Å². The van der Waals surface area contributed by atoms with Crippen molar-refractivity contribution < 1.29 is 4.79 Å². The summed E-state index contributed by atoms with van der Waals surface area (Å²) in [6.07, 6.45) is 2.91. The Labute approximate surface area is 113 Å². The van der Waals surface area contributed by atoms with Crippen LogP contribution in [0.5, 0.6) is 0 Å². The van der Waals surface area contributed by atoms with Crippen molar-refractivity contribution in [3.63, 3.8) is 0 Å². The van der Waals surface area contributed by atoms with Crippen molar-refractivity contribution in [2.24, 2.45) is 0 Å². The standard InChI is InChI=1S/C12H11N5OS/c1-8-15-10-3-2-9(4-11(10)19-8)16-12(18)5-17-7-13-6-14-17/h2-4,6-7H,5H2,1H3,(H,16,18). The number of nitrogens with one attached hydrogen (secondary N) is 1. The summed E-state index contributed by atoms with van der Waals surface area (Å²) in [6, 6.07) is 5.68. The molecule has 0 fully saturated rings. The van der Waals surface area contributed by atoms with Crippen molar-refractivity contribution in [3.8, 4) is 0 Å². The molecule has 19 heavy (non-hydrogen) atoms. The fourth-order valence-corrected chi connectivity index (χ4v) is 2.65. The monoisotopic (exact) mass is 273 g/mol. The van der Waals surface area contributed by atoms with Gasteiger partial charge in [0.05, 0.1) is 15.2 Å². The Balaban J connectivity index is 1.75. The van der Waals surface area contributed by atoms with Crippen molar-refractivity contribution in [3.05, 3.63) is 35.9 Å². The predicted molar refractivity (Wildman–Crippen MR) is 73.0 cm³/mol. The van der Waals surface area contributed by atoms with Crippen LogP contribution in [0.15, 0.2) is 30.9 Å². The second-order valence-corrected chi connectivity index (χ2v) is 5.29. The van der Waals surface area contributed by atoms with E-state index in [4.69, 9.17) is 0 Å². The first-order chi connectivity index (χ1) is 9.20. The van der Waals surface area contributed by atoms with Crippen LogP contribution in [0.1, 0.15) is 5.01 Å². The number of thiazole rings is 1. The molecule has 0 unspecified atom stereocenters. The molecule has 0 saturated carbocycles. The third-order valence-corrected chi connectivity index (χ3v) is 3.48. The zero-order chi connectivity index (χ0) is 13.2. The highest BCUT2D eigenvalue weighted by Gasteiger charge is 2.06. The summed E-state index contributed by atoms with van der Waals surface area (Å²) < 4.78 is 2.54. The Hall–Kier alpha value is -2.28. The summed E-state index contributed by atoms with van der Waals surface area (Å²) in [5.41, 5.74) is 1.72. The molecule has 2 aromatic heterocycles. The average Bonchev–Trinajstić information content (AvgIpc) is 2.96. The van der Waals surface area contributed by atoms with Gasteiger partial charge in [-0.2, -0.15) is 5.10 Å². The van der Waals surface area contributed by atoms with Crippen molar-refractivity contribution in [2.45, 2.75) is 13.5 Å². The molecular formula is C12H11N5OS. The van der Waals surface area contributed by atoms with E-state index in [0.29, 0.717) is 0 Å². The number of benzene rings is 1. The molecule has 3 aromatic rings. The van der Waals surface area contributed by atoms with E-state index in [1.807, 2.05) is 25.1 Å². The van der Waals surface area contributed by atoms with Crippen LogP contribution in [0.3, 0.4) is 0 Å². The molecule has 0 aliphatic rings. The van der Waals surface area contributed by atoms with Crippen LogP contribution in [0.4, 0.5) is 5.69 Å². The van der Waals surface area contributed by atoms with Crippen LogP contribution in [0.25, 0.3) is 10.2 Å². The highest BCUT2D eigenvalue weighted by molar-refractivity contribution is 7.18. The number of nitrogens with zero attached hydrogens (tertiary/aromatic N) is 4. The number of aryl methyl sites for hydroxylation is 1. The number of carbonyl (C=O) groups is 1. The highest BCUT2D eigenvalue weighted by Crippen LogP contribution is 2.24. The van der Waals surface area contributed by atoms with E-state index in [1.165, 1.54) is 17.3 Å². The van der Waals surface area contributed by atoms with E-state index in [2.05, 4.69) is 20.4 Å². The smallest absolute Gasteiger partial charge is 0.246 e. The van der Waals surface area contributed by atoms with Crippen LogP contribution in [0, 0.1) is 6.92 Å². The fraction of sp³-hybridized carbons (Fsp3) is 0.167. The highest BCUT2D eigenvalue weighted by atomic mass is 32.1. The van der Waals surface area contributed by atoms with Gasteiger partial charge in [0.1, 0.15) is 19.2 Å². The summed E-state index contributed by atoms with van der Waals surface area (Å²) in [5, 5.41) is 7.74. The normalized spacial score (nSPS) is 10.8. The topological polar surface area (TPSA) is 72.7 Å². The predicted octanol–water partition coefficient (Wildman–Crippen LogP) is 1.83. The van der Waals surface area contributed by atoms with Gasteiger partial charge in [-0.25, -0.2) is 14.6 Å². The maximum atomic E-state index is 11.8. The molecule has 0 atom stereocenters.